The molecule has 1 amide bonds. The molecule has 6 heteroatoms. The number of benzene rings is 1. The summed E-state index contributed by atoms with van der Waals surface area (Å²) >= 11 is 9.16. The molecular formula is C13H10BrClN2O2. The van der Waals surface area contributed by atoms with Crippen molar-refractivity contribution in [2.24, 2.45) is 0 Å². The number of rotatable bonds is 2. The van der Waals surface area contributed by atoms with Gasteiger partial charge >= 0.3 is 0 Å². The molecule has 0 atom stereocenters. The number of anilines is 1. The second kappa shape index (κ2) is 5.59. The Hall–Kier alpha value is -1.59. The van der Waals surface area contributed by atoms with Crippen LogP contribution in [-0.2, 0) is 0 Å². The minimum absolute atomic E-state index is 0.152. The summed E-state index contributed by atoms with van der Waals surface area (Å²) in [4.78, 5) is 16.0. The molecule has 0 spiro atoms. The summed E-state index contributed by atoms with van der Waals surface area (Å²) in [6.45, 7) is 1.72. The fraction of sp³-hybridized carbons (Fsp3) is 0.0769. The SMILES string of the molecule is Cc1cc(C(=O)Nc2cc(Br)cnc2Cl)ccc1O. The van der Waals surface area contributed by atoms with Crippen LogP contribution in [0.5, 0.6) is 5.75 Å². The third kappa shape index (κ3) is 3.24. The van der Waals surface area contributed by atoms with Gasteiger partial charge in [0.05, 0.1) is 5.69 Å². The number of aromatic nitrogens is 1. The number of carbonyl (C=O) groups excluding carboxylic acids is 1. The van der Waals surface area contributed by atoms with E-state index in [2.05, 4.69) is 26.2 Å². The van der Waals surface area contributed by atoms with Crippen molar-refractivity contribution in [1.82, 2.24) is 4.98 Å². The predicted molar refractivity (Wildman–Crippen MR) is 77.7 cm³/mol. The molecule has 0 saturated carbocycles. The molecule has 0 radical (unpaired) electrons. The number of phenolic OH excluding ortho intramolecular Hbond substituents is 1. The number of halogens is 2. The number of aromatic hydroxyl groups is 1. The number of pyridine rings is 1. The molecule has 1 aromatic carbocycles. The van der Waals surface area contributed by atoms with Gasteiger partial charge < -0.3 is 10.4 Å². The Labute approximate surface area is 123 Å². The van der Waals surface area contributed by atoms with Gasteiger partial charge in [0.25, 0.3) is 5.91 Å². The van der Waals surface area contributed by atoms with Crippen molar-refractivity contribution >= 4 is 39.1 Å². The lowest BCUT2D eigenvalue weighted by molar-refractivity contribution is 0.102. The molecule has 19 heavy (non-hydrogen) atoms. The minimum Gasteiger partial charge on any atom is -0.508 e. The third-order valence-electron chi connectivity index (χ3n) is 2.51. The maximum Gasteiger partial charge on any atom is 0.255 e. The fourth-order valence-electron chi connectivity index (χ4n) is 1.50. The standard InChI is InChI=1S/C13H10BrClN2O2/c1-7-4-8(2-3-11(7)18)13(19)17-10-5-9(14)6-16-12(10)15/h2-6,18H,1H3,(H,17,19). The second-order valence-electron chi connectivity index (χ2n) is 3.95. The van der Waals surface area contributed by atoms with E-state index in [4.69, 9.17) is 11.6 Å². The molecule has 2 rings (SSSR count). The highest BCUT2D eigenvalue weighted by Crippen LogP contribution is 2.24. The molecule has 4 nitrogen and oxygen atoms in total. The zero-order valence-corrected chi connectivity index (χ0v) is 12.3. The first kappa shape index (κ1) is 13.8. The summed E-state index contributed by atoms with van der Waals surface area (Å²) < 4.78 is 0.717. The largest absolute Gasteiger partial charge is 0.508 e. The summed E-state index contributed by atoms with van der Waals surface area (Å²) in [5, 5.41) is 12.3. The van der Waals surface area contributed by atoms with Crippen LogP contribution in [0.15, 0.2) is 34.9 Å². The van der Waals surface area contributed by atoms with E-state index in [-0.39, 0.29) is 16.8 Å². The number of nitrogens with zero attached hydrogens (tertiary/aromatic N) is 1. The minimum atomic E-state index is -0.315. The second-order valence-corrected chi connectivity index (χ2v) is 5.22. The smallest absolute Gasteiger partial charge is 0.255 e. The number of amides is 1. The van der Waals surface area contributed by atoms with Gasteiger partial charge in [-0.2, -0.15) is 0 Å². The number of phenols is 1. The normalized spacial score (nSPS) is 10.3. The molecule has 0 aliphatic heterocycles. The summed E-state index contributed by atoms with van der Waals surface area (Å²) in [6, 6.07) is 6.28. The fourth-order valence-corrected chi connectivity index (χ4v) is 1.98. The maximum atomic E-state index is 12.0. The highest BCUT2D eigenvalue weighted by molar-refractivity contribution is 9.10. The molecule has 0 aliphatic rings. The molecule has 2 aromatic rings. The highest BCUT2D eigenvalue weighted by atomic mass is 79.9. The molecule has 98 valence electrons. The lowest BCUT2D eigenvalue weighted by Crippen LogP contribution is -2.12. The highest BCUT2D eigenvalue weighted by Gasteiger charge is 2.10. The topological polar surface area (TPSA) is 62.2 Å². The molecule has 2 N–H and O–H groups in total. The molecular weight excluding hydrogens is 332 g/mol. The first-order valence-corrected chi connectivity index (χ1v) is 6.56. The number of aryl methyl sites for hydroxylation is 1. The van der Waals surface area contributed by atoms with Crippen LogP contribution < -0.4 is 5.32 Å². The Morgan fingerprint density at radius 1 is 1.42 bits per heavy atom. The van der Waals surface area contributed by atoms with E-state index in [1.807, 2.05) is 0 Å². The van der Waals surface area contributed by atoms with Gasteiger partial charge in [0, 0.05) is 16.2 Å². The van der Waals surface area contributed by atoms with Crippen molar-refractivity contribution in [2.45, 2.75) is 6.92 Å². The Morgan fingerprint density at radius 3 is 2.84 bits per heavy atom. The van der Waals surface area contributed by atoms with Gasteiger partial charge in [0.2, 0.25) is 0 Å². The lowest BCUT2D eigenvalue weighted by atomic mass is 10.1. The summed E-state index contributed by atoms with van der Waals surface area (Å²) in [5.41, 5.74) is 1.49. The predicted octanol–water partition coefficient (Wildman–Crippen LogP) is 3.76. The molecule has 0 aliphatic carbocycles. The Kier molecular flexibility index (Phi) is 4.07. The van der Waals surface area contributed by atoms with Crippen molar-refractivity contribution in [3.63, 3.8) is 0 Å². The van der Waals surface area contributed by atoms with Crippen molar-refractivity contribution in [3.05, 3.63) is 51.2 Å². The quantitative estimate of drug-likeness (QED) is 0.818. The van der Waals surface area contributed by atoms with Crippen molar-refractivity contribution < 1.29 is 9.90 Å². The van der Waals surface area contributed by atoms with E-state index in [0.717, 1.165) is 0 Å². The van der Waals surface area contributed by atoms with E-state index >= 15 is 0 Å². The van der Waals surface area contributed by atoms with E-state index < -0.39 is 0 Å². The van der Waals surface area contributed by atoms with Gasteiger partial charge in [-0.25, -0.2) is 4.98 Å². The van der Waals surface area contributed by atoms with Gasteiger partial charge in [-0.1, -0.05) is 11.6 Å². The molecule has 1 heterocycles. The van der Waals surface area contributed by atoms with Crippen LogP contribution in [0.3, 0.4) is 0 Å². The van der Waals surface area contributed by atoms with Crippen molar-refractivity contribution in [3.8, 4) is 5.75 Å². The van der Waals surface area contributed by atoms with Crippen LogP contribution in [0.2, 0.25) is 5.15 Å². The van der Waals surface area contributed by atoms with Gasteiger partial charge in [-0.15, -0.1) is 0 Å². The zero-order valence-electron chi connectivity index (χ0n) is 9.95. The van der Waals surface area contributed by atoms with E-state index in [9.17, 15) is 9.90 Å². The van der Waals surface area contributed by atoms with Gasteiger partial charge in [-0.3, -0.25) is 4.79 Å². The van der Waals surface area contributed by atoms with Crippen LogP contribution in [0, 0.1) is 6.92 Å². The average Bonchev–Trinajstić information content (AvgIpc) is 2.37. The van der Waals surface area contributed by atoms with Gasteiger partial charge in [0.15, 0.2) is 5.15 Å². The monoisotopic (exact) mass is 340 g/mol. The van der Waals surface area contributed by atoms with Crippen molar-refractivity contribution in [2.75, 3.05) is 5.32 Å². The average molecular weight is 342 g/mol. The molecule has 0 fully saturated rings. The number of nitrogens with one attached hydrogen (secondary N) is 1. The zero-order chi connectivity index (χ0) is 14.0. The Morgan fingerprint density at radius 2 is 2.16 bits per heavy atom. The lowest BCUT2D eigenvalue weighted by Gasteiger charge is -2.08. The Bertz CT molecular complexity index is 647. The summed E-state index contributed by atoms with van der Waals surface area (Å²) in [6.07, 6.45) is 1.54. The van der Waals surface area contributed by atoms with E-state index in [0.29, 0.717) is 21.3 Å². The Balaban J connectivity index is 2.25. The van der Waals surface area contributed by atoms with Crippen LogP contribution in [-0.4, -0.2) is 16.0 Å². The van der Waals surface area contributed by atoms with Gasteiger partial charge in [0.1, 0.15) is 5.75 Å². The number of hydrogen-bond donors (Lipinski definition) is 2. The summed E-state index contributed by atoms with van der Waals surface area (Å²) in [5.74, 6) is -0.163. The van der Waals surface area contributed by atoms with Crippen LogP contribution in [0.1, 0.15) is 15.9 Å². The van der Waals surface area contributed by atoms with Crippen LogP contribution >= 0.6 is 27.5 Å². The first-order chi connectivity index (χ1) is 8.97. The van der Waals surface area contributed by atoms with Gasteiger partial charge in [-0.05, 0) is 52.7 Å². The first-order valence-electron chi connectivity index (χ1n) is 5.39. The maximum absolute atomic E-state index is 12.0. The number of carbonyl (C=O) groups is 1. The third-order valence-corrected chi connectivity index (χ3v) is 3.25. The van der Waals surface area contributed by atoms with E-state index in [1.54, 1.807) is 25.3 Å². The number of hydrogen-bond acceptors (Lipinski definition) is 3. The van der Waals surface area contributed by atoms with Crippen LogP contribution in [0.25, 0.3) is 0 Å². The summed E-state index contributed by atoms with van der Waals surface area (Å²) in [7, 11) is 0. The van der Waals surface area contributed by atoms with Crippen LogP contribution in [0.4, 0.5) is 5.69 Å². The molecule has 0 saturated heterocycles. The molecule has 0 unspecified atom stereocenters. The molecule has 0 bridgehead atoms. The molecule has 1 aromatic heterocycles. The van der Waals surface area contributed by atoms with E-state index in [1.165, 1.54) is 12.1 Å². The van der Waals surface area contributed by atoms with Crippen molar-refractivity contribution in [1.29, 1.82) is 0 Å².